The van der Waals surface area contributed by atoms with Crippen LogP contribution in [0.2, 0.25) is 0 Å². The Labute approximate surface area is 158 Å². The maximum absolute atomic E-state index is 11.4. The van der Waals surface area contributed by atoms with E-state index in [9.17, 15) is 5.11 Å². The van der Waals surface area contributed by atoms with Gasteiger partial charge in [0.15, 0.2) is 6.29 Å². The maximum atomic E-state index is 11.4. The zero-order valence-electron chi connectivity index (χ0n) is 16.6. The van der Waals surface area contributed by atoms with Crippen molar-refractivity contribution in [3.63, 3.8) is 0 Å². The summed E-state index contributed by atoms with van der Waals surface area (Å²) in [5.41, 5.74) is 2.19. The molecule has 3 saturated carbocycles. The molecule has 0 aromatic carbocycles. The molecule has 3 heteroatoms. The summed E-state index contributed by atoms with van der Waals surface area (Å²) >= 11 is 0. The smallest absolute Gasteiger partial charge is 0.158 e. The fourth-order valence-corrected chi connectivity index (χ4v) is 8.10. The van der Waals surface area contributed by atoms with Crippen LogP contribution in [-0.4, -0.2) is 30.7 Å². The van der Waals surface area contributed by atoms with Crippen molar-refractivity contribution in [1.82, 2.24) is 0 Å². The Morgan fingerprint density at radius 2 is 1.96 bits per heavy atom. The highest BCUT2D eigenvalue weighted by atomic mass is 16.7. The average molecular weight is 361 g/mol. The quantitative estimate of drug-likeness (QED) is 0.726. The molecule has 26 heavy (non-hydrogen) atoms. The lowest BCUT2D eigenvalue weighted by Crippen LogP contribution is -2.55. The van der Waals surface area contributed by atoms with Crippen LogP contribution in [0.5, 0.6) is 0 Å². The van der Waals surface area contributed by atoms with Crippen LogP contribution in [0, 0.1) is 34.5 Å². The summed E-state index contributed by atoms with van der Waals surface area (Å²) in [7, 11) is 0. The summed E-state index contributed by atoms with van der Waals surface area (Å²) in [4.78, 5) is 0. The van der Waals surface area contributed by atoms with Gasteiger partial charge >= 0.3 is 0 Å². The minimum Gasteiger partial charge on any atom is -0.393 e. The summed E-state index contributed by atoms with van der Waals surface area (Å²) in [6.45, 7) is 6.45. The number of hydrogen-bond donors (Lipinski definition) is 1. The predicted molar refractivity (Wildman–Crippen MR) is 102 cm³/mol. The molecule has 1 aliphatic heterocycles. The van der Waals surface area contributed by atoms with Gasteiger partial charge in [-0.05, 0) is 79.4 Å². The molecular formula is C23H36O3. The van der Waals surface area contributed by atoms with Crippen LogP contribution in [0.15, 0.2) is 11.6 Å². The van der Waals surface area contributed by atoms with Crippen molar-refractivity contribution in [2.24, 2.45) is 34.5 Å². The van der Waals surface area contributed by atoms with E-state index in [1.165, 1.54) is 44.9 Å². The van der Waals surface area contributed by atoms with E-state index in [2.05, 4.69) is 19.9 Å². The van der Waals surface area contributed by atoms with E-state index < -0.39 is 0 Å². The van der Waals surface area contributed by atoms with Crippen molar-refractivity contribution in [1.29, 1.82) is 0 Å². The first-order valence-electron chi connectivity index (χ1n) is 11.1. The van der Waals surface area contributed by atoms with Crippen LogP contribution in [-0.2, 0) is 9.47 Å². The summed E-state index contributed by atoms with van der Waals surface area (Å²) in [5.74, 6) is 2.55. The lowest BCUT2D eigenvalue weighted by Gasteiger charge is -2.59. The van der Waals surface area contributed by atoms with Crippen LogP contribution >= 0.6 is 0 Å². The molecule has 5 aliphatic rings. The SMILES string of the molecule is C[C@]12C[C@H](O)[C@H]3[C@@H](CC=C4CCCC[C@@]43C)[C@@H]1CC[C@@H]2CC1OCCO1. The molecule has 0 unspecified atom stereocenters. The first-order chi connectivity index (χ1) is 12.5. The van der Waals surface area contributed by atoms with Gasteiger partial charge in [0.05, 0.1) is 19.3 Å². The molecule has 1 saturated heterocycles. The molecule has 1 N–H and O–H groups in total. The molecule has 0 aromatic heterocycles. The molecule has 0 radical (unpaired) electrons. The van der Waals surface area contributed by atoms with E-state index >= 15 is 0 Å². The lowest BCUT2D eigenvalue weighted by atomic mass is 9.46. The van der Waals surface area contributed by atoms with Crippen LogP contribution in [0.1, 0.15) is 71.6 Å². The number of aliphatic hydroxyl groups is 1. The predicted octanol–water partition coefficient (Wildman–Crippen LogP) is 4.69. The molecule has 0 amide bonds. The standard InChI is InChI=1S/C23H36O3/c1-22-10-4-3-5-15(22)6-8-17-18-9-7-16(13-20-25-11-12-26-20)23(18,2)14-19(24)21(17)22/h6,16-21,24H,3-5,7-14H2,1-2H3/t16-,17+,18+,19+,21-,22+,23-/m1/s1. The highest BCUT2D eigenvalue weighted by molar-refractivity contribution is 5.25. The van der Waals surface area contributed by atoms with E-state index in [0.717, 1.165) is 32.0 Å². The Balaban J connectivity index is 1.42. The third kappa shape index (κ3) is 2.49. The fourth-order valence-electron chi connectivity index (χ4n) is 8.10. The molecule has 3 nitrogen and oxygen atoms in total. The molecule has 0 spiro atoms. The largest absolute Gasteiger partial charge is 0.393 e. The number of fused-ring (bicyclic) bond motifs is 5. The zero-order chi connectivity index (χ0) is 17.9. The molecule has 0 bridgehead atoms. The first-order valence-corrected chi connectivity index (χ1v) is 11.1. The Morgan fingerprint density at radius 3 is 2.77 bits per heavy atom. The van der Waals surface area contributed by atoms with E-state index in [0.29, 0.717) is 17.8 Å². The van der Waals surface area contributed by atoms with Crippen molar-refractivity contribution in [2.45, 2.75) is 84.0 Å². The zero-order valence-corrected chi connectivity index (χ0v) is 16.6. The van der Waals surface area contributed by atoms with Gasteiger partial charge in [-0.3, -0.25) is 0 Å². The average Bonchev–Trinajstić information content (AvgIpc) is 3.22. The molecule has 5 rings (SSSR count). The van der Waals surface area contributed by atoms with Crippen molar-refractivity contribution >= 4 is 0 Å². The lowest BCUT2D eigenvalue weighted by molar-refractivity contribution is -0.132. The van der Waals surface area contributed by atoms with Crippen molar-refractivity contribution in [3.8, 4) is 0 Å². The third-order valence-corrected chi connectivity index (χ3v) is 9.31. The van der Waals surface area contributed by atoms with Gasteiger partial charge in [0.1, 0.15) is 0 Å². The van der Waals surface area contributed by atoms with Gasteiger partial charge in [-0.2, -0.15) is 0 Å². The Hall–Kier alpha value is -0.380. The normalized spacial score (nSPS) is 51.5. The highest BCUT2D eigenvalue weighted by Gasteiger charge is 2.61. The van der Waals surface area contributed by atoms with E-state index in [1.54, 1.807) is 5.57 Å². The Kier molecular flexibility index (Phi) is 4.30. The Morgan fingerprint density at radius 1 is 1.15 bits per heavy atom. The topological polar surface area (TPSA) is 38.7 Å². The summed E-state index contributed by atoms with van der Waals surface area (Å²) in [6.07, 6.45) is 13.5. The summed E-state index contributed by atoms with van der Waals surface area (Å²) in [5, 5.41) is 11.4. The number of hydrogen-bond acceptors (Lipinski definition) is 3. The summed E-state index contributed by atoms with van der Waals surface area (Å²) < 4.78 is 11.5. The molecule has 0 aromatic rings. The van der Waals surface area contributed by atoms with E-state index in [4.69, 9.17) is 9.47 Å². The minimum absolute atomic E-state index is 0.000780. The summed E-state index contributed by atoms with van der Waals surface area (Å²) in [6, 6.07) is 0. The number of rotatable bonds is 2. The monoisotopic (exact) mass is 360 g/mol. The van der Waals surface area contributed by atoms with Crippen LogP contribution in [0.4, 0.5) is 0 Å². The first kappa shape index (κ1) is 17.7. The third-order valence-electron chi connectivity index (χ3n) is 9.31. The van der Waals surface area contributed by atoms with Gasteiger partial charge in [-0.25, -0.2) is 0 Å². The van der Waals surface area contributed by atoms with Crippen molar-refractivity contribution in [2.75, 3.05) is 13.2 Å². The van der Waals surface area contributed by atoms with Crippen LogP contribution in [0.25, 0.3) is 0 Å². The van der Waals surface area contributed by atoms with Gasteiger partial charge < -0.3 is 14.6 Å². The number of ether oxygens (including phenoxy) is 2. The number of allylic oxidation sites excluding steroid dienone is 2. The minimum atomic E-state index is -0.140. The second kappa shape index (κ2) is 6.32. The van der Waals surface area contributed by atoms with Gasteiger partial charge in [0, 0.05) is 6.42 Å². The van der Waals surface area contributed by atoms with Gasteiger partial charge in [-0.1, -0.05) is 31.9 Å². The number of aliphatic hydroxyl groups excluding tert-OH is 1. The highest BCUT2D eigenvalue weighted by Crippen LogP contribution is 2.66. The van der Waals surface area contributed by atoms with E-state index in [1.807, 2.05) is 0 Å². The second-order valence-corrected chi connectivity index (χ2v) is 10.3. The second-order valence-electron chi connectivity index (χ2n) is 10.3. The molecule has 4 fully saturated rings. The fraction of sp³-hybridized carbons (Fsp3) is 0.913. The van der Waals surface area contributed by atoms with Crippen LogP contribution in [0.3, 0.4) is 0 Å². The maximum Gasteiger partial charge on any atom is 0.158 e. The van der Waals surface area contributed by atoms with E-state index in [-0.39, 0.29) is 23.2 Å². The van der Waals surface area contributed by atoms with Crippen molar-refractivity contribution < 1.29 is 14.6 Å². The molecule has 4 aliphatic carbocycles. The Bertz CT molecular complexity index is 580. The van der Waals surface area contributed by atoms with Gasteiger partial charge in [0.2, 0.25) is 0 Å². The molecule has 146 valence electrons. The molecular weight excluding hydrogens is 324 g/mol. The molecule has 1 heterocycles. The molecule has 7 atom stereocenters. The van der Waals surface area contributed by atoms with Crippen LogP contribution < -0.4 is 0 Å². The van der Waals surface area contributed by atoms with Crippen molar-refractivity contribution in [3.05, 3.63) is 11.6 Å². The van der Waals surface area contributed by atoms with Gasteiger partial charge in [-0.15, -0.1) is 0 Å². The van der Waals surface area contributed by atoms with Gasteiger partial charge in [0.25, 0.3) is 0 Å².